The van der Waals surface area contributed by atoms with Gasteiger partial charge in [-0.2, -0.15) is 0 Å². The monoisotopic (exact) mass is 288 g/mol. The van der Waals surface area contributed by atoms with Gasteiger partial charge in [-0.25, -0.2) is 0 Å². The Morgan fingerprint density at radius 1 is 1.17 bits per heavy atom. The topological polar surface area (TPSA) is 40.7 Å². The highest BCUT2D eigenvalue weighted by Crippen LogP contribution is 2.57. The molecule has 1 unspecified atom stereocenters. The Morgan fingerprint density at radius 3 is 2.11 bits per heavy atom. The molecule has 2 rings (SSSR count). The van der Waals surface area contributed by atoms with Crippen LogP contribution < -0.4 is 4.74 Å². The van der Waals surface area contributed by atoms with Crippen LogP contribution >= 0.6 is 21.6 Å². The van der Waals surface area contributed by atoms with Gasteiger partial charge in [0.1, 0.15) is 5.75 Å². The zero-order chi connectivity index (χ0) is 12.9. The molecule has 1 aliphatic heterocycles. The molecule has 0 radical (unpaired) electrons. The lowest BCUT2D eigenvalue weighted by Crippen LogP contribution is -2.09. The van der Waals surface area contributed by atoms with Crippen LogP contribution in [0.3, 0.4) is 0 Å². The van der Waals surface area contributed by atoms with E-state index >= 15 is 0 Å². The maximum absolute atomic E-state index is 5.16. The second-order valence-corrected chi connectivity index (χ2v) is 7.52. The van der Waals surface area contributed by atoms with Gasteiger partial charge in [-0.15, -0.1) is 0 Å². The first-order chi connectivity index (χ1) is 8.11. The molecule has 0 aliphatic carbocycles. The molecule has 0 saturated carbocycles. The fourth-order valence-corrected chi connectivity index (χ4v) is 5.04. The molecule has 2 nitrogen and oxygen atoms in total. The molecule has 1 aliphatic rings. The highest BCUT2D eigenvalue weighted by atomic mass is 33.1. The molecule has 18 heavy (non-hydrogen) atoms. The Balaban J connectivity index is 0.000000917. The molecule has 0 spiro atoms. The molecule has 1 heterocycles. The molecule has 0 amide bonds. The minimum absolute atomic E-state index is 0. The van der Waals surface area contributed by atoms with Crippen molar-refractivity contribution in [1.29, 1.82) is 0 Å². The van der Waals surface area contributed by atoms with Crippen LogP contribution in [0, 0.1) is 0 Å². The first kappa shape index (κ1) is 17.7. The van der Waals surface area contributed by atoms with Gasteiger partial charge in [-0.05, 0) is 38.0 Å². The van der Waals surface area contributed by atoms with Crippen molar-refractivity contribution in [1.82, 2.24) is 0 Å². The molecule has 1 aromatic rings. The standard InChI is InChI=1S/C12H16OS2.C2H6.H2O/c1-12(2)8-11(14-15-12)9-4-6-10(13-3)7-5-9;1-2;/h4-7,11H,8H2,1-3H3;1-2H3;1H2. The van der Waals surface area contributed by atoms with Gasteiger partial charge in [-0.3, -0.25) is 0 Å². The van der Waals surface area contributed by atoms with E-state index in [1.165, 1.54) is 12.0 Å². The van der Waals surface area contributed by atoms with Gasteiger partial charge in [-0.1, -0.05) is 47.6 Å². The van der Waals surface area contributed by atoms with Crippen molar-refractivity contribution in [2.24, 2.45) is 0 Å². The van der Waals surface area contributed by atoms with E-state index in [4.69, 9.17) is 4.74 Å². The van der Waals surface area contributed by atoms with Crippen molar-refractivity contribution in [2.45, 2.75) is 44.1 Å². The molecule has 1 saturated heterocycles. The summed E-state index contributed by atoms with van der Waals surface area (Å²) in [4.78, 5) is 0. The molecule has 1 aromatic carbocycles. The third kappa shape index (κ3) is 4.75. The maximum Gasteiger partial charge on any atom is 0.118 e. The van der Waals surface area contributed by atoms with E-state index in [1.54, 1.807) is 7.11 Å². The molecule has 1 atom stereocenters. The first-order valence-electron chi connectivity index (χ1n) is 6.09. The normalized spacial score (nSPS) is 20.4. The van der Waals surface area contributed by atoms with Crippen molar-refractivity contribution >= 4 is 21.6 Å². The summed E-state index contributed by atoms with van der Waals surface area (Å²) in [6, 6.07) is 8.45. The number of ether oxygens (including phenoxy) is 1. The molecule has 0 aromatic heterocycles. The molecular weight excluding hydrogens is 264 g/mol. The van der Waals surface area contributed by atoms with Crippen molar-refractivity contribution in [3.05, 3.63) is 29.8 Å². The van der Waals surface area contributed by atoms with Crippen LogP contribution in [0.1, 0.15) is 44.9 Å². The Labute approximate surface area is 119 Å². The van der Waals surface area contributed by atoms with Crippen molar-refractivity contribution in [3.8, 4) is 5.75 Å². The van der Waals surface area contributed by atoms with Crippen molar-refractivity contribution in [3.63, 3.8) is 0 Å². The average molecular weight is 288 g/mol. The van der Waals surface area contributed by atoms with E-state index in [-0.39, 0.29) is 5.48 Å². The number of hydrogen-bond acceptors (Lipinski definition) is 3. The van der Waals surface area contributed by atoms with Crippen molar-refractivity contribution in [2.75, 3.05) is 7.11 Å². The van der Waals surface area contributed by atoms with E-state index in [9.17, 15) is 0 Å². The lowest BCUT2D eigenvalue weighted by Gasteiger charge is -2.14. The number of methoxy groups -OCH3 is 1. The van der Waals surface area contributed by atoms with Crippen LogP contribution in [0.2, 0.25) is 0 Å². The van der Waals surface area contributed by atoms with Gasteiger partial charge in [0.05, 0.1) is 7.11 Å². The van der Waals surface area contributed by atoms with Crippen LogP contribution in [0.5, 0.6) is 5.75 Å². The molecule has 2 N–H and O–H groups in total. The van der Waals surface area contributed by atoms with E-state index in [1.807, 2.05) is 47.6 Å². The second kappa shape index (κ2) is 7.97. The summed E-state index contributed by atoms with van der Waals surface area (Å²) in [6.07, 6.45) is 1.24. The minimum atomic E-state index is 0. The SMILES string of the molecule is CC.COc1ccc(C2CC(C)(C)SS2)cc1.O. The van der Waals surface area contributed by atoms with Gasteiger partial charge in [0.2, 0.25) is 0 Å². The Kier molecular flexibility index (Phi) is 7.83. The zero-order valence-electron chi connectivity index (χ0n) is 11.8. The van der Waals surface area contributed by atoms with Gasteiger partial charge >= 0.3 is 0 Å². The molecule has 1 fully saturated rings. The van der Waals surface area contributed by atoms with E-state index in [0.29, 0.717) is 10.00 Å². The van der Waals surface area contributed by atoms with E-state index in [0.717, 1.165) is 5.75 Å². The fourth-order valence-electron chi connectivity index (χ4n) is 1.69. The quantitative estimate of drug-likeness (QED) is 0.752. The summed E-state index contributed by atoms with van der Waals surface area (Å²) in [5.74, 6) is 0.939. The molecule has 104 valence electrons. The smallest absolute Gasteiger partial charge is 0.118 e. The highest BCUT2D eigenvalue weighted by molar-refractivity contribution is 8.77. The summed E-state index contributed by atoms with van der Waals surface area (Å²) in [7, 11) is 5.70. The van der Waals surface area contributed by atoms with Crippen LogP contribution in [-0.2, 0) is 0 Å². The van der Waals surface area contributed by atoms with Gasteiger partial charge in [0.25, 0.3) is 0 Å². The Hall–Kier alpha value is -0.320. The maximum atomic E-state index is 5.16. The van der Waals surface area contributed by atoms with Crippen LogP contribution in [0.25, 0.3) is 0 Å². The Morgan fingerprint density at radius 2 is 1.72 bits per heavy atom. The number of benzene rings is 1. The van der Waals surface area contributed by atoms with E-state index in [2.05, 4.69) is 26.0 Å². The molecular formula is C14H24O2S2. The summed E-state index contributed by atoms with van der Waals surface area (Å²) in [5.41, 5.74) is 1.42. The zero-order valence-corrected chi connectivity index (χ0v) is 13.5. The highest BCUT2D eigenvalue weighted by Gasteiger charge is 2.33. The Bertz CT molecular complexity index is 336. The summed E-state index contributed by atoms with van der Waals surface area (Å²) in [6.45, 7) is 8.63. The largest absolute Gasteiger partial charge is 0.497 e. The van der Waals surface area contributed by atoms with Crippen LogP contribution in [-0.4, -0.2) is 17.3 Å². The third-order valence-corrected chi connectivity index (χ3v) is 6.28. The number of rotatable bonds is 2. The van der Waals surface area contributed by atoms with Gasteiger partial charge < -0.3 is 10.2 Å². The fraction of sp³-hybridized carbons (Fsp3) is 0.571. The summed E-state index contributed by atoms with van der Waals surface area (Å²) in [5, 5.41) is 0.635. The summed E-state index contributed by atoms with van der Waals surface area (Å²) >= 11 is 0. The van der Waals surface area contributed by atoms with Gasteiger partial charge in [0, 0.05) is 10.00 Å². The average Bonchev–Trinajstić information content (AvgIpc) is 2.72. The second-order valence-electron chi connectivity index (χ2n) is 4.41. The van der Waals surface area contributed by atoms with Crippen molar-refractivity contribution < 1.29 is 10.2 Å². The predicted octanol–water partition coefficient (Wildman–Crippen LogP) is 4.50. The number of hydrogen-bond donors (Lipinski definition) is 0. The van der Waals surface area contributed by atoms with E-state index < -0.39 is 0 Å². The molecule has 0 bridgehead atoms. The first-order valence-corrected chi connectivity index (χ1v) is 8.30. The van der Waals surface area contributed by atoms with Crippen LogP contribution in [0.15, 0.2) is 24.3 Å². The predicted molar refractivity (Wildman–Crippen MR) is 84.6 cm³/mol. The molecule has 4 heteroatoms. The third-order valence-electron chi connectivity index (χ3n) is 2.55. The minimum Gasteiger partial charge on any atom is -0.497 e. The van der Waals surface area contributed by atoms with Gasteiger partial charge in [0.15, 0.2) is 0 Å². The van der Waals surface area contributed by atoms with Crippen LogP contribution in [0.4, 0.5) is 0 Å². The lowest BCUT2D eigenvalue weighted by atomic mass is 10.0. The summed E-state index contributed by atoms with van der Waals surface area (Å²) < 4.78 is 5.57. The lowest BCUT2D eigenvalue weighted by molar-refractivity contribution is 0.414.